The number of hydrogen-bond acceptors (Lipinski definition) is 4. The van der Waals surface area contributed by atoms with Crippen molar-refractivity contribution in [1.82, 2.24) is 14.5 Å². The molecule has 2 aromatic heterocycles. The van der Waals surface area contributed by atoms with E-state index in [-0.39, 0.29) is 10.8 Å². The fourth-order valence-electron chi connectivity index (χ4n) is 5.10. The van der Waals surface area contributed by atoms with Gasteiger partial charge in [0, 0.05) is 25.5 Å². The highest BCUT2D eigenvalue weighted by Crippen LogP contribution is 2.35. The molecule has 5 heteroatoms. The van der Waals surface area contributed by atoms with Crippen molar-refractivity contribution in [2.75, 3.05) is 31.2 Å². The molecule has 0 N–H and O–H groups in total. The van der Waals surface area contributed by atoms with Gasteiger partial charge in [-0.05, 0) is 64.3 Å². The maximum atomic E-state index is 5.54. The Morgan fingerprint density at radius 1 is 0.941 bits per heavy atom. The van der Waals surface area contributed by atoms with Gasteiger partial charge in [0.25, 0.3) is 0 Å². The highest BCUT2D eigenvalue weighted by atomic mass is 16.5. The van der Waals surface area contributed by atoms with Gasteiger partial charge in [-0.2, -0.15) is 0 Å². The van der Waals surface area contributed by atoms with E-state index < -0.39 is 0 Å². The van der Waals surface area contributed by atoms with Gasteiger partial charge in [0.2, 0.25) is 0 Å². The molecule has 34 heavy (non-hydrogen) atoms. The van der Waals surface area contributed by atoms with Crippen LogP contribution in [0.15, 0.2) is 48.8 Å². The molecule has 0 spiro atoms. The quantitative estimate of drug-likeness (QED) is 0.391. The first kappa shape index (κ1) is 22.9. The summed E-state index contributed by atoms with van der Waals surface area (Å²) in [5.74, 6) is 1.05. The molecule has 5 nitrogen and oxygen atoms in total. The number of nitrogens with zero attached hydrogens (tertiary/aromatic N) is 4. The van der Waals surface area contributed by atoms with E-state index >= 15 is 0 Å². The van der Waals surface area contributed by atoms with Crippen LogP contribution in [0.1, 0.15) is 51.3 Å². The Bertz CT molecular complexity index is 1340. The van der Waals surface area contributed by atoms with E-state index in [0.717, 1.165) is 49.6 Å². The summed E-state index contributed by atoms with van der Waals surface area (Å²) in [6.45, 7) is 14.9. The second-order valence-corrected chi connectivity index (χ2v) is 11.4. The van der Waals surface area contributed by atoms with Gasteiger partial charge in [0.15, 0.2) is 0 Å². The monoisotopic (exact) mass is 456 g/mol. The van der Waals surface area contributed by atoms with Crippen LogP contribution in [0.4, 0.5) is 5.82 Å². The molecule has 0 radical (unpaired) electrons. The topological polar surface area (TPSA) is 43.2 Å². The summed E-state index contributed by atoms with van der Waals surface area (Å²) in [6, 6.07) is 15.8. The molecule has 5 rings (SSSR count). The van der Waals surface area contributed by atoms with Gasteiger partial charge in [0.05, 0.1) is 36.1 Å². The molecular formula is C29H36N4O. The van der Waals surface area contributed by atoms with Crippen molar-refractivity contribution in [2.45, 2.75) is 51.9 Å². The maximum Gasteiger partial charge on any atom is 0.129 e. The summed E-state index contributed by atoms with van der Waals surface area (Å²) in [4.78, 5) is 12.1. The Morgan fingerprint density at radius 2 is 1.71 bits per heavy atom. The molecule has 1 saturated heterocycles. The number of pyridine rings is 1. The molecular weight excluding hydrogens is 420 g/mol. The lowest BCUT2D eigenvalue weighted by Gasteiger charge is -2.30. The SMILES string of the molecule is Cn1cnc2cc(C(C)(C)Cc3cc(C(C)(C)C)c4nc(N5CCOCC5)ccc4c3)ccc21. The fourth-order valence-corrected chi connectivity index (χ4v) is 5.10. The van der Waals surface area contributed by atoms with E-state index in [9.17, 15) is 0 Å². The lowest BCUT2D eigenvalue weighted by molar-refractivity contribution is 0.122. The summed E-state index contributed by atoms with van der Waals surface area (Å²) < 4.78 is 7.61. The smallest absolute Gasteiger partial charge is 0.129 e. The van der Waals surface area contributed by atoms with Crippen molar-refractivity contribution in [3.63, 3.8) is 0 Å². The molecule has 0 atom stereocenters. The normalized spacial score (nSPS) is 15.4. The summed E-state index contributed by atoms with van der Waals surface area (Å²) in [7, 11) is 2.04. The number of fused-ring (bicyclic) bond motifs is 2. The largest absolute Gasteiger partial charge is 0.378 e. The van der Waals surface area contributed by atoms with Crippen molar-refractivity contribution in [3.05, 3.63) is 65.5 Å². The second kappa shape index (κ2) is 8.38. The van der Waals surface area contributed by atoms with Crippen LogP contribution in [0.5, 0.6) is 0 Å². The van der Waals surface area contributed by atoms with Gasteiger partial charge in [-0.15, -0.1) is 0 Å². The lowest BCUT2D eigenvalue weighted by atomic mass is 9.77. The third-order valence-corrected chi connectivity index (χ3v) is 7.13. The Balaban J connectivity index is 1.53. The first-order valence-corrected chi connectivity index (χ1v) is 12.3. The van der Waals surface area contributed by atoms with E-state index in [2.05, 4.69) is 91.5 Å². The van der Waals surface area contributed by atoms with Crippen molar-refractivity contribution >= 4 is 27.8 Å². The number of anilines is 1. The molecule has 0 unspecified atom stereocenters. The van der Waals surface area contributed by atoms with Gasteiger partial charge in [-0.25, -0.2) is 9.97 Å². The van der Waals surface area contributed by atoms with E-state index in [1.165, 1.54) is 27.6 Å². The van der Waals surface area contributed by atoms with Crippen molar-refractivity contribution in [3.8, 4) is 0 Å². The molecule has 178 valence electrons. The Kier molecular flexibility index (Phi) is 5.64. The first-order valence-electron chi connectivity index (χ1n) is 12.3. The molecule has 1 aliphatic heterocycles. The van der Waals surface area contributed by atoms with E-state index in [0.29, 0.717) is 0 Å². The van der Waals surface area contributed by atoms with Crippen LogP contribution in [0, 0.1) is 0 Å². The van der Waals surface area contributed by atoms with Crippen LogP contribution >= 0.6 is 0 Å². The Morgan fingerprint density at radius 3 is 2.44 bits per heavy atom. The van der Waals surface area contributed by atoms with E-state index in [1.54, 1.807) is 0 Å². The van der Waals surface area contributed by atoms with E-state index in [4.69, 9.17) is 9.72 Å². The minimum atomic E-state index is -0.0181. The minimum Gasteiger partial charge on any atom is -0.378 e. The summed E-state index contributed by atoms with van der Waals surface area (Å²) in [5, 5.41) is 1.22. The van der Waals surface area contributed by atoms with Gasteiger partial charge < -0.3 is 14.2 Å². The van der Waals surface area contributed by atoms with Crippen molar-refractivity contribution in [1.29, 1.82) is 0 Å². The van der Waals surface area contributed by atoms with Crippen LogP contribution < -0.4 is 4.90 Å². The minimum absolute atomic E-state index is 0.00189. The molecule has 1 fully saturated rings. The number of ether oxygens (including phenoxy) is 1. The van der Waals surface area contributed by atoms with Gasteiger partial charge in [0.1, 0.15) is 5.82 Å². The number of benzene rings is 2. The molecule has 4 aromatic rings. The second-order valence-electron chi connectivity index (χ2n) is 11.4. The standard InChI is InChI=1S/C29H36N4O/c1-28(2,3)23-16-20(15-21-7-10-26(31-27(21)23)33-11-13-34-14-12-33)18-29(4,5)22-8-9-25-24(17-22)30-19-32(25)6/h7-10,15-17,19H,11-14,18H2,1-6H3. The molecule has 0 bridgehead atoms. The van der Waals surface area contributed by atoms with Crippen LogP contribution in [0.25, 0.3) is 21.9 Å². The Labute approximate surface area is 202 Å². The average molecular weight is 457 g/mol. The fraction of sp³-hybridized carbons (Fsp3) is 0.448. The van der Waals surface area contributed by atoms with Crippen LogP contribution in [-0.2, 0) is 29.0 Å². The maximum absolute atomic E-state index is 5.54. The molecule has 3 heterocycles. The number of rotatable bonds is 4. The highest BCUT2D eigenvalue weighted by Gasteiger charge is 2.25. The summed E-state index contributed by atoms with van der Waals surface area (Å²) in [5.41, 5.74) is 7.31. The molecule has 2 aromatic carbocycles. The Hall–Kier alpha value is -2.92. The zero-order valence-corrected chi connectivity index (χ0v) is 21.4. The number of hydrogen-bond donors (Lipinski definition) is 0. The van der Waals surface area contributed by atoms with Crippen LogP contribution in [0.2, 0.25) is 0 Å². The third-order valence-electron chi connectivity index (χ3n) is 7.13. The van der Waals surface area contributed by atoms with Crippen LogP contribution in [0.3, 0.4) is 0 Å². The van der Waals surface area contributed by atoms with Crippen molar-refractivity contribution in [2.24, 2.45) is 7.05 Å². The highest BCUT2D eigenvalue weighted by molar-refractivity contribution is 5.85. The van der Waals surface area contributed by atoms with Gasteiger partial charge in [-0.3, -0.25) is 0 Å². The van der Waals surface area contributed by atoms with Crippen molar-refractivity contribution < 1.29 is 4.74 Å². The summed E-state index contributed by atoms with van der Waals surface area (Å²) in [6.07, 6.45) is 2.84. The van der Waals surface area contributed by atoms with Crippen LogP contribution in [-0.4, -0.2) is 40.8 Å². The average Bonchev–Trinajstić information content (AvgIpc) is 3.18. The first-order chi connectivity index (χ1) is 16.1. The molecule has 1 aliphatic rings. The van der Waals surface area contributed by atoms with Gasteiger partial charge in [-0.1, -0.05) is 46.8 Å². The molecule has 0 aliphatic carbocycles. The lowest BCUT2D eigenvalue weighted by Crippen LogP contribution is -2.36. The third kappa shape index (κ3) is 4.29. The molecule has 0 amide bonds. The predicted molar refractivity (Wildman–Crippen MR) is 141 cm³/mol. The van der Waals surface area contributed by atoms with Gasteiger partial charge >= 0.3 is 0 Å². The molecule has 0 saturated carbocycles. The van der Waals surface area contributed by atoms with E-state index in [1.807, 2.05) is 13.4 Å². The zero-order chi connectivity index (χ0) is 24.1. The summed E-state index contributed by atoms with van der Waals surface area (Å²) >= 11 is 0. The zero-order valence-electron chi connectivity index (χ0n) is 21.4. The number of aromatic nitrogens is 3. The predicted octanol–water partition coefficient (Wildman–Crippen LogP) is 5.78. The number of imidazole rings is 1. The number of aryl methyl sites for hydroxylation is 1. The number of morpholine rings is 1.